The van der Waals surface area contributed by atoms with Gasteiger partial charge in [0.25, 0.3) is 0 Å². The lowest BCUT2D eigenvalue weighted by atomic mass is 10.2. The van der Waals surface area contributed by atoms with Gasteiger partial charge in [-0.25, -0.2) is 4.79 Å². The summed E-state index contributed by atoms with van der Waals surface area (Å²) < 4.78 is 0. The first-order valence-corrected chi connectivity index (χ1v) is 10.0. The molecule has 4 amide bonds. The van der Waals surface area contributed by atoms with Gasteiger partial charge in [0.05, 0.1) is 0 Å². The fourth-order valence-corrected chi connectivity index (χ4v) is 3.46. The summed E-state index contributed by atoms with van der Waals surface area (Å²) in [7, 11) is 0. The zero-order chi connectivity index (χ0) is 19.8. The lowest BCUT2D eigenvalue weighted by Gasteiger charge is -2.22. The van der Waals surface area contributed by atoms with E-state index < -0.39 is 12.1 Å². The summed E-state index contributed by atoms with van der Waals surface area (Å²) in [4.78, 5) is 38.0. The van der Waals surface area contributed by atoms with Crippen molar-refractivity contribution in [3.05, 3.63) is 33.8 Å². The van der Waals surface area contributed by atoms with Gasteiger partial charge in [-0.05, 0) is 30.5 Å². The van der Waals surface area contributed by atoms with Gasteiger partial charge in [0, 0.05) is 29.6 Å². The fraction of sp³-hybridized carbons (Fsp3) is 0.526. The van der Waals surface area contributed by atoms with Gasteiger partial charge in [0.2, 0.25) is 11.8 Å². The average Bonchev–Trinajstić information content (AvgIpc) is 3.02. The fourth-order valence-electron chi connectivity index (χ4n) is 2.98. The molecule has 0 aromatic heterocycles. The normalized spacial score (nSPS) is 16.5. The Hall–Kier alpha value is -1.79. The molecule has 0 bridgehead atoms. The highest BCUT2D eigenvalue weighted by molar-refractivity contribution is 6.35. The van der Waals surface area contributed by atoms with Crippen molar-refractivity contribution in [2.45, 2.75) is 58.0 Å². The minimum Gasteiger partial charge on any atom is -0.350 e. The maximum atomic E-state index is 12.5. The molecule has 1 atom stereocenters. The number of imide groups is 1. The molecule has 1 aliphatic rings. The standard InChI is InChI=1S/C19H25Cl2N3O3/c1-2-3-4-5-10-22-19(27)24-16(8-9-17(24)25)18(26)23-12-13-6-7-14(20)11-15(13)21/h6-7,11,16H,2-5,8-10,12H2,1H3,(H,22,27)(H,23,26)/t16-/m0/s1. The quantitative estimate of drug-likeness (QED) is 0.634. The van der Waals surface area contributed by atoms with Crippen LogP contribution in [0.4, 0.5) is 4.79 Å². The van der Waals surface area contributed by atoms with Crippen molar-refractivity contribution in [3.63, 3.8) is 0 Å². The molecule has 1 aliphatic heterocycles. The van der Waals surface area contributed by atoms with Gasteiger partial charge in [-0.2, -0.15) is 0 Å². The first-order valence-electron chi connectivity index (χ1n) is 9.25. The molecule has 1 fully saturated rings. The van der Waals surface area contributed by atoms with E-state index in [1.807, 2.05) is 0 Å². The number of hydrogen-bond donors (Lipinski definition) is 2. The van der Waals surface area contributed by atoms with Crippen LogP contribution in [0.25, 0.3) is 0 Å². The van der Waals surface area contributed by atoms with Gasteiger partial charge in [0.1, 0.15) is 6.04 Å². The number of amides is 4. The number of unbranched alkanes of at least 4 members (excludes halogenated alkanes) is 3. The molecule has 0 aliphatic carbocycles. The Morgan fingerprint density at radius 1 is 1.19 bits per heavy atom. The summed E-state index contributed by atoms with van der Waals surface area (Å²) in [5, 5.41) is 6.45. The number of urea groups is 1. The molecule has 148 valence electrons. The number of nitrogens with one attached hydrogen (secondary N) is 2. The first-order chi connectivity index (χ1) is 12.9. The molecule has 0 saturated carbocycles. The topological polar surface area (TPSA) is 78.5 Å². The molecule has 0 radical (unpaired) electrons. The van der Waals surface area contributed by atoms with Gasteiger partial charge in [-0.3, -0.25) is 14.5 Å². The molecule has 2 N–H and O–H groups in total. The molecular weight excluding hydrogens is 389 g/mol. The number of carbonyl (C=O) groups excluding carboxylic acids is 3. The molecule has 2 rings (SSSR count). The van der Waals surface area contributed by atoms with E-state index in [2.05, 4.69) is 17.6 Å². The average molecular weight is 414 g/mol. The van der Waals surface area contributed by atoms with Crippen LogP contribution in [0.5, 0.6) is 0 Å². The van der Waals surface area contributed by atoms with Crippen LogP contribution in [0, 0.1) is 0 Å². The SMILES string of the molecule is CCCCCCNC(=O)N1C(=O)CC[C@H]1C(=O)NCc1ccc(Cl)cc1Cl. The maximum absolute atomic E-state index is 12.5. The summed E-state index contributed by atoms with van der Waals surface area (Å²) in [6, 6.07) is 3.72. The van der Waals surface area contributed by atoms with E-state index in [1.165, 1.54) is 0 Å². The van der Waals surface area contributed by atoms with E-state index >= 15 is 0 Å². The van der Waals surface area contributed by atoms with Gasteiger partial charge in [-0.1, -0.05) is 55.5 Å². The molecule has 1 aromatic carbocycles. The number of benzene rings is 1. The number of likely N-dealkylation sites (tertiary alicyclic amines) is 1. The number of rotatable bonds is 8. The van der Waals surface area contributed by atoms with Gasteiger partial charge in [-0.15, -0.1) is 0 Å². The van der Waals surface area contributed by atoms with Gasteiger partial charge >= 0.3 is 6.03 Å². The first kappa shape index (κ1) is 21.5. The summed E-state index contributed by atoms with van der Waals surface area (Å²) >= 11 is 12.0. The van der Waals surface area contributed by atoms with Crippen molar-refractivity contribution < 1.29 is 14.4 Å². The van der Waals surface area contributed by atoms with Crippen molar-refractivity contribution in [1.82, 2.24) is 15.5 Å². The van der Waals surface area contributed by atoms with Crippen LogP contribution in [-0.4, -0.2) is 35.3 Å². The number of halogens is 2. The van der Waals surface area contributed by atoms with Crippen LogP contribution in [-0.2, 0) is 16.1 Å². The summed E-state index contributed by atoms with van der Waals surface area (Å²) in [5.41, 5.74) is 0.714. The highest BCUT2D eigenvalue weighted by atomic mass is 35.5. The Morgan fingerprint density at radius 2 is 1.96 bits per heavy atom. The third-order valence-corrected chi connectivity index (χ3v) is 5.10. The lowest BCUT2D eigenvalue weighted by Crippen LogP contribution is -2.51. The molecule has 0 unspecified atom stereocenters. The van der Waals surface area contributed by atoms with E-state index in [0.717, 1.165) is 30.6 Å². The number of hydrogen-bond acceptors (Lipinski definition) is 3. The summed E-state index contributed by atoms with van der Waals surface area (Å²) in [6.45, 7) is 2.81. The second-order valence-electron chi connectivity index (χ2n) is 6.56. The van der Waals surface area contributed by atoms with Crippen molar-refractivity contribution in [2.24, 2.45) is 0 Å². The third kappa shape index (κ3) is 6.11. The lowest BCUT2D eigenvalue weighted by molar-refractivity contribution is -0.132. The van der Waals surface area contributed by atoms with Crippen LogP contribution in [0.3, 0.4) is 0 Å². The van der Waals surface area contributed by atoms with Crippen LogP contribution < -0.4 is 10.6 Å². The van der Waals surface area contributed by atoms with E-state index in [1.54, 1.807) is 18.2 Å². The van der Waals surface area contributed by atoms with E-state index in [9.17, 15) is 14.4 Å². The molecule has 1 saturated heterocycles. The highest BCUT2D eigenvalue weighted by Crippen LogP contribution is 2.22. The largest absolute Gasteiger partial charge is 0.350 e. The minimum absolute atomic E-state index is 0.184. The maximum Gasteiger partial charge on any atom is 0.324 e. The van der Waals surface area contributed by atoms with Crippen molar-refractivity contribution in [3.8, 4) is 0 Å². The van der Waals surface area contributed by atoms with Crippen molar-refractivity contribution in [2.75, 3.05) is 6.54 Å². The number of nitrogens with zero attached hydrogens (tertiary/aromatic N) is 1. The Bertz CT molecular complexity index is 697. The predicted octanol–water partition coefficient (Wildman–Crippen LogP) is 3.89. The molecule has 8 heteroatoms. The Labute approximate surface area is 169 Å². The summed E-state index contributed by atoms with van der Waals surface area (Å²) in [5.74, 6) is -0.696. The smallest absolute Gasteiger partial charge is 0.324 e. The molecule has 6 nitrogen and oxygen atoms in total. The molecule has 0 spiro atoms. The van der Waals surface area contributed by atoms with Gasteiger partial charge in [0.15, 0.2) is 0 Å². The third-order valence-electron chi connectivity index (χ3n) is 4.51. The van der Waals surface area contributed by atoms with Gasteiger partial charge < -0.3 is 10.6 Å². The number of carbonyl (C=O) groups is 3. The zero-order valence-corrected chi connectivity index (χ0v) is 16.9. The second kappa shape index (κ2) is 10.5. The van der Waals surface area contributed by atoms with Crippen LogP contribution >= 0.6 is 23.2 Å². The second-order valence-corrected chi connectivity index (χ2v) is 7.41. The Balaban J connectivity index is 1.89. The monoisotopic (exact) mass is 413 g/mol. The van der Waals surface area contributed by atoms with E-state index in [-0.39, 0.29) is 24.8 Å². The molecular formula is C19H25Cl2N3O3. The molecule has 1 heterocycles. The molecule has 27 heavy (non-hydrogen) atoms. The minimum atomic E-state index is -0.792. The Kier molecular flexibility index (Phi) is 8.38. The van der Waals surface area contributed by atoms with Crippen molar-refractivity contribution in [1.29, 1.82) is 0 Å². The van der Waals surface area contributed by atoms with Crippen LogP contribution in [0.1, 0.15) is 51.0 Å². The highest BCUT2D eigenvalue weighted by Gasteiger charge is 2.40. The predicted molar refractivity (Wildman–Crippen MR) is 106 cm³/mol. The summed E-state index contributed by atoms with van der Waals surface area (Å²) in [6.07, 6.45) is 4.60. The van der Waals surface area contributed by atoms with Crippen LogP contribution in [0.15, 0.2) is 18.2 Å². The van der Waals surface area contributed by atoms with Crippen molar-refractivity contribution >= 4 is 41.0 Å². The molecule has 1 aromatic rings. The Morgan fingerprint density at radius 3 is 2.67 bits per heavy atom. The van der Waals surface area contributed by atoms with E-state index in [4.69, 9.17) is 23.2 Å². The zero-order valence-electron chi connectivity index (χ0n) is 15.4. The van der Waals surface area contributed by atoms with Crippen LogP contribution in [0.2, 0.25) is 10.0 Å². The van der Waals surface area contributed by atoms with E-state index in [0.29, 0.717) is 28.6 Å².